The maximum atomic E-state index is 3.80. The molecule has 0 saturated carbocycles. The number of H-pyrrole nitrogens is 1. The van der Waals surface area contributed by atoms with Crippen molar-refractivity contribution < 1.29 is 0 Å². The molecule has 0 atom stereocenters. The summed E-state index contributed by atoms with van der Waals surface area (Å²) in [5.74, 6) is 0. The summed E-state index contributed by atoms with van der Waals surface area (Å²) in [7, 11) is 0. The van der Waals surface area contributed by atoms with Crippen LogP contribution in [0.4, 0.5) is 0 Å². The standard InChI is InChI=1S/C29H21N/c1-29(2)26-18-10-4-3-9-17(18)15-16-22(26)25-27(29)20-12-6-5-11-19(20)24-21-13-7-8-14-23(21)30-28(24)25/h3-16,30H,1-2H3. The Bertz CT molecular complexity index is 1660. The number of hydrogen-bond acceptors (Lipinski definition) is 0. The molecule has 0 spiro atoms. The largest absolute Gasteiger partial charge is 0.354 e. The van der Waals surface area contributed by atoms with Crippen LogP contribution in [0.2, 0.25) is 0 Å². The number of hydrogen-bond donors (Lipinski definition) is 1. The molecule has 6 aromatic rings. The highest BCUT2D eigenvalue weighted by Gasteiger charge is 2.40. The molecule has 1 aromatic heterocycles. The first kappa shape index (κ1) is 16.2. The predicted octanol–water partition coefficient (Wildman–Crippen LogP) is 7.93. The quantitative estimate of drug-likeness (QED) is 0.274. The molecule has 30 heavy (non-hydrogen) atoms. The van der Waals surface area contributed by atoms with Crippen molar-refractivity contribution in [3.8, 4) is 11.1 Å². The van der Waals surface area contributed by atoms with Gasteiger partial charge in [0.15, 0.2) is 0 Å². The third-order valence-corrected chi connectivity index (χ3v) is 7.12. The molecule has 0 unspecified atom stereocenters. The van der Waals surface area contributed by atoms with Gasteiger partial charge in [0.25, 0.3) is 0 Å². The van der Waals surface area contributed by atoms with E-state index < -0.39 is 0 Å². The fourth-order valence-corrected chi connectivity index (χ4v) is 5.98. The summed E-state index contributed by atoms with van der Waals surface area (Å²) < 4.78 is 0. The monoisotopic (exact) mass is 383 g/mol. The second-order valence-corrected chi connectivity index (χ2v) is 9.05. The van der Waals surface area contributed by atoms with Crippen LogP contribution in [0, 0.1) is 0 Å². The number of nitrogens with one attached hydrogen (secondary N) is 1. The SMILES string of the molecule is CC1(C)c2c(ccc3ccccc23)-c2c1c1ccccc1c1c2[nH]c2ccccc21. The highest BCUT2D eigenvalue weighted by molar-refractivity contribution is 6.26. The van der Waals surface area contributed by atoms with Gasteiger partial charge in [-0.25, -0.2) is 0 Å². The fourth-order valence-electron chi connectivity index (χ4n) is 5.98. The molecule has 1 aliphatic rings. The molecule has 1 aliphatic carbocycles. The molecule has 142 valence electrons. The zero-order valence-electron chi connectivity index (χ0n) is 17.1. The maximum absolute atomic E-state index is 3.80. The van der Waals surface area contributed by atoms with Gasteiger partial charge in [-0.3, -0.25) is 0 Å². The lowest BCUT2D eigenvalue weighted by atomic mass is 9.78. The zero-order chi connectivity index (χ0) is 20.0. The highest BCUT2D eigenvalue weighted by Crippen LogP contribution is 2.56. The number of para-hydroxylation sites is 1. The Morgan fingerprint density at radius 2 is 1.27 bits per heavy atom. The Kier molecular flexibility index (Phi) is 2.88. The van der Waals surface area contributed by atoms with Crippen LogP contribution in [0.3, 0.4) is 0 Å². The van der Waals surface area contributed by atoms with Crippen LogP contribution >= 0.6 is 0 Å². The minimum absolute atomic E-state index is 0.0728. The van der Waals surface area contributed by atoms with Crippen LogP contribution in [0.25, 0.3) is 54.5 Å². The first-order chi connectivity index (χ1) is 14.7. The lowest BCUT2D eigenvalue weighted by Crippen LogP contribution is -2.16. The minimum Gasteiger partial charge on any atom is -0.354 e. The second kappa shape index (κ2) is 5.31. The van der Waals surface area contributed by atoms with E-state index in [1.807, 2.05) is 0 Å². The van der Waals surface area contributed by atoms with E-state index in [0.717, 1.165) is 0 Å². The fraction of sp³-hybridized carbons (Fsp3) is 0.103. The van der Waals surface area contributed by atoms with Crippen LogP contribution in [-0.4, -0.2) is 4.98 Å². The molecule has 0 fully saturated rings. The molecule has 1 heteroatoms. The van der Waals surface area contributed by atoms with E-state index in [1.54, 1.807) is 0 Å². The van der Waals surface area contributed by atoms with E-state index in [9.17, 15) is 0 Å². The Labute approximate surface area is 175 Å². The number of fused-ring (bicyclic) bond motifs is 12. The normalized spacial score (nSPS) is 14.6. The summed E-state index contributed by atoms with van der Waals surface area (Å²) in [5.41, 5.74) is 8.05. The Morgan fingerprint density at radius 3 is 2.10 bits per heavy atom. The lowest BCUT2D eigenvalue weighted by Gasteiger charge is -2.25. The van der Waals surface area contributed by atoms with Gasteiger partial charge >= 0.3 is 0 Å². The van der Waals surface area contributed by atoms with Crippen molar-refractivity contribution in [3.05, 3.63) is 96.1 Å². The van der Waals surface area contributed by atoms with Crippen LogP contribution < -0.4 is 0 Å². The lowest BCUT2D eigenvalue weighted by molar-refractivity contribution is 0.672. The number of aromatic amines is 1. The summed E-state index contributed by atoms with van der Waals surface area (Å²) in [6.07, 6.45) is 0. The van der Waals surface area contributed by atoms with Crippen molar-refractivity contribution in [3.63, 3.8) is 0 Å². The molecule has 0 radical (unpaired) electrons. The van der Waals surface area contributed by atoms with Gasteiger partial charge in [-0.05, 0) is 44.3 Å². The maximum Gasteiger partial charge on any atom is 0.0554 e. The summed E-state index contributed by atoms with van der Waals surface area (Å²) in [5, 5.41) is 8.04. The van der Waals surface area contributed by atoms with E-state index in [2.05, 4.69) is 104 Å². The molecule has 1 heterocycles. The molecule has 7 rings (SSSR count). The Balaban J connectivity index is 1.80. The highest BCUT2D eigenvalue weighted by atomic mass is 14.7. The molecule has 0 amide bonds. The average molecular weight is 383 g/mol. The van der Waals surface area contributed by atoms with Crippen molar-refractivity contribution in [1.82, 2.24) is 4.98 Å². The van der Waals surface area contributed by atoms with Crippen molar-refractivity contribution in [2.24, 2.45) is 0 Å². The number of benzene rings is 5. The van der Waals surface area contributed by atoms with Crippen LogP contribution in [-0.2, 0) is 5.41 Å². The van der Waals surface area contributed by atoms with Gasteiger partial charge < -0.3 is 4.98 Å². The molecule has 0 aliphatic heterocycles. The van der Waals surface area contributed by atoms with Gasteiger partial charge in [0.1, 0.15) is 0 Å². The van der Waals surface area contributed by atoms with Crippen molar-refractivity contribution in [2.45, 2.75) is 19.3 Å². The van der Waals surface area contributed by atoms with E-state index in [1.165, 1.54) is 65.6 Å². The molecule has 1 N–H and O–H groups in total. The van der Waals surface area contributed by atoms with Crippen LogP contribution in [0.15, 0.2) is 84.9 Å². The molecule has 1 nitrogen and oxygen atoms in total. The van der Waals surface area contributed by atoms with Gasteiger partial charge in [-0.15, -0.1) is 0 Å². The first-order valence-corrected chi connectivity index (χ1v) is 10.6. The molecular weight excluding hydrogens is 362 g/mol. The van der Waals surface area contributed by atoms with Gasteiger partial charge in [0.2, 0.25) is 0 Å². The van der Waals surface area contributed by atoms with E-state index in [4.69, 9.17) is 0 Å². The van der Waals surface area contributed by atoms with Crippen LogP contribution in [0.1, 0.15) is 25.0 Å². The van der Waals surface area contributed by atoms with Crippen molar-refractivity contribution in [2.75, 3.05) is 0 Å². The topological polar surface area (TPSA) is 15.8 Å². The number of aromatic nitrogens is 1. The summed E-state index contributed by atoms with van der Waals surface area (Å²) in [4.78, 5) is 3.80. The molecular formula is C29H21N. The molecule has 0 bridgehead atoms. The zero-order valence-corrected chi connectivity index (χ0v) is 17.1. The smallest absolute Gasteiger partial charge is 0.0554 e. The third-order valence-electron chi connectivity index (χ3n) is 7.12. The van der Waals surface area contributed by atoms with E-state index >= 15 is 0 Å². The molecule has 0 saturated heterocycles. The van der Waals surface area contributed by atoms with E-state index in [0.29, 0.717) is 0 Å². The van der Waals surface area contributed by atoms with Gasteiger partial charge in [0.05, 0.1) is 5.52 Å². The summed E-state index contributed by atoms with van der Waals surface area (Å²) in [6.45, 7) is 4.79. The van der Waals surface area contributed by atoms with Crippen molar-refractivity contribution >= 4 is 43.4 Å². The van der Waals surface area contributed by atoms with Gasteiger partial charge in [-0.1, -0.05) is 92.7 Å². The first-order valence-electron chi connectivity index (χ1n) is 10.6. The predicted molar refractivity (Wildman–Crippen MR) is 128 cm³/mol. The van der Waals surface area contributed by atoms with Crippen LogP contribution in [0.5, 0.6) is 0 Å². The van der Waals surface area contributed by atoms with Gasteiger partial charge in [0, 0.05) is 27.3 Å². The number of rotatable bonds is 0. The van der Waals surface area contributed by atoms with Gasteiger partial charge in [-0.2, -0.15) is 0 Å². The van der Waals surface area contributed by atoms with Crippen molar-refractivity contribution in [1.29, 1.82) is 0 Å². The summed E-state index contributed by atoms with van der Waals surface area (Å²) in [6, 6.07) is 31.1. The summed E-state index contributed by atoms with van der Waals surface area (Å²) >= 11 is 0. The van der Waals surface area contributed by atoms with E-state index in [-0.39, 0.29) is 5.41 Å². The average Bonchev–Trinajstić information content (AvgIpc) is 3.27. The Hall–Kier alpha value is -3.58. The minimum atomic E-state index is -0.0728. The Morgan fingerprint density at radius 1 is 0.600 bits per heavy atom. The second-order valence-electron chi connectivity index (χ2n) is 9.05. The third kappa shape index (κ3) is 1.79. The molecule has 5 aromatic carbocycles.